The quantitative estimate of drug-likeness (QED) is 0.0674. The van der Waals surface area contributed by atoms with Crippen molar-refractivity contribution in [2.45, 2.75) is 57.8 Å². The van der Waals surface area contributed by atoms with Gasteiger partial charge in [0.1, 0.15) is 41.4 Å². The lowest BCUT2D eigenvalue weighted by Crippen LogP contribution is -2.61. The van der Waals surface area contributed by atoms with Crippen LogP contribution in [-0.2, 0) is 49.8 Å². The predicted molar refractivity (Wildman–Crippen MR) is 216 cm³/mol. The zero-order chi connectivity index (χ0) is 44.4. The molecule has 12 nitrogen and oxygen atoms in total. The average Bonchev–Trinajstić information content (AvgIpc) is 3.21. The molecule has 5 rings (SSSR count). The molecule has 5 amide bonds. The Labute approximate surface area is 348 Å². The van der Waals surface area contributed by atoms with Crippen molar-refractivity contribution in [3.63, 3.8) is 0 Å². The summed E-state index contributed by atoms with van der Waals surface area (Å²) in [5, 5.41) is 13.8. The van der Waals surface area contributed by atoms with Crippen LogP contribution in [0.25, 0.3) is 0 Å². The van der Waals surface area contributed by atoms with Crippen LogP contribution >= 0.6 is 0 Å². The van der Waals surface area contributed by atoms with Crippen molar-refractivity contribution < 1.29 is 46.5 Å². The maximum Gasteiger partial charge on any atom is 0.269 e. The fourth-order valence-electron chi connectivity index (χ4n) is 6.67. The molecule has 0 aliphatic carbocycles. The summed E-state index contributed by atoms with van der Waals surface area (Å²) < 4.78 is 56.2. The number of imide groups is 3. The molecule has 61 heavy (non-hydrogen) atoms. The topological polar surface area (TPSA) is 150 Å². The monoisotopic (exact) mass is 839 g/mol. The number of non-ortho nitro benzene ring substituents is 1. The van der Waals surface area contributed by atoms with Crippen LogP contribution in [0.5, 0.6) is 0 Å². The van der Waals surface area contributed by atoms with Gasteiger partial charge in [0, 0.05) is 50.0 Å². The van der Waals surface area contributed by atoms with Gasteiger partial charge >= 0.3 is 0 Å². The Morgan fingerprint density at radius 1 is 0.639 bits per heavy atom. The lowest BCUT2D eigenvalue weighted by Gasteiger charge is -2.36. The highest BCUT2D eigenvalue weighted by molar-refractivity contribution is 6.16. The lowest BCUT2D eigenvalue weighted by atomic mass is 10.0. The Bertz CT molecular complexity index is 2360. The van der Waals surface area contributed by atoms with Gasteiger partial charge in [0.25, 0.3) is 23.4 Å². The molecular weight excluding hydrogens is 799 g/mol. The van der Waals surface area contributed by atoms with E-state index in [1.165, 1.54) is 50.1 Å². The maximum atomic E-state index is 15.0. The number of halogens is 4. The second-order valence-corrected chi connectivity index (χ2v) is 14.3. The fraction of sp³-hybridized carbons (Fsp3) is 0.222. The van der Waals surface area contributed by atoms with E-state index < -0.39 is 88.7 Å². The Balaban J connectivity index is 1.56. The Kier molecular flexibility index (Phi) is 14.8. The van der Waals surface area contributed by atoms with E-state index in [0.717, 1.165) is 29.2 Å². The van der Waals surface area contributed by atoms with Crippen molar-refractivity contribution in [3.05, 3.63) is 177 Å². The molecule has 0 spiro atoms. The van der Waals surface area contributed by atoms with Gasteiger partial charge in [0.05, 0.1) is 17.8 Å². The van der Waals surface area contributed by atoms with E-state index >= 15 is 4.79 Å². The van der Waals surface area contributed by atoms with Crippen molar-refractivity contribution in [2.75, 3.05) is 11.9 Å². The van der Waals surface area contributed by atoms with Gasteiger partial charge < -0.3 is 15.1 Å². The summed E-state index contributed by atoms with van der Waals surface area (Å²) in [4.78, 5) is 85.3. The standard InChI is InChI=1S/C45H41F4N5O7/c1-28(50-41(55)23-32-18-34(46)25-35(47)19-32)43(57)53(45(59)40(22-30-10-6-4-7-11-30)51(3)38-14-16-39(17-15-38)54(60)61)44(58)29(2)52(27-31-12-8-5-9-13-31)42(56)24-33-20-36(48)26-37(49)21-33/h4-21,25-26,28-29,40H,22-24,27H2,1-3H3,(H,50,55)/t28-,29-,40-/m0/s1. The van der Waals surface area contributed by atoms with Crippen molar-refractivity contribution in [3.8, 4) is 0 Å². The van der Waals surface area contributed by atoms with E-state index in [1.807, 2.05) is 0 Å². The Morgan fingerprint density at radius 2 is 1.13 bits per heavy atom. The van der Waals surface area contributed by atoms with Crippen molar-refractivity contribution in [1.82, 2.24) is 15.1 Å². The van der Waals surface area contributed by atoms with Gasteiger partial charge in [0.2, 0.25) is 11.8 Å². The number of benzene rings is 5. The van der Waals surface area contributed by atoms with Crippen LogP contribution in [0.4, 0.5) is 28.9 Å². The molecule has 316 valence electrons. The highest BCUT2D eigenvalue weighted by Crippen LogP contribution is 2.24. The number of anilines is 1. The SMILES string of the molecule is C[C@H](NC(=O)Cc1cc(F)cc(F)c1)C(=O)N(C(=O)[C@H](C)N(Cc1ccccc1)C(=O)Cc1cc(F)cc(F)c1)C(=O)[C@H](Cc1ccccc1)N(C)c1ccc([N+](=O)[O-])cc1. The maximum absolute atomic E-state index is 15.0. The molecule has 3 atom stereocenters. The number of nitro benzene ring substituents is 1. The van der Waals surface area contributed by atoms with Gasteiger partial charge in [-0.1, -0.05) is 60.7 Å². The number of nitrogens with zero attached hydrogens (tertiary/aromatic N) is 4. The van der Waals surface area contributed by atoms with E-state index in [-0.39, 0.29) is 29.8 Å². The van der Waals surface area contributed by atoms with Crippen LogP contribution < -0.4 is 10.2 Å². The number of rotatable bonds is 16. The molecule has 0 bridgehead atoms. The number of hydrogen-bond acceptors (Lipinski definition) is 8. The van der Waals surface area contributed by atoms with Gasteiger partial charge in [0.15, 0.2) is 0 Å². The van der Waals surface area contributed by atoms with Crippen LogP contribution in [0, 0.1) is 33.4 Å². The van der Waals surface area contributed by atoms with Crippen molar-refractivity contribution in [2.24, 2.45) is 0 Å². The lowest BCUT2D eigenvalue weighted by molar-refractivity contribution is -0.384. The molecular formula is C45H41F4N5O7. The summed E-state index contributed by atoms with van der Waals surface area (Å²) in [5.74, 6) is -8.97. The summed E-state index contributed by atoms with van der Waals surface area (Å²) in [7, 11) is 1.48. The van der Waals surface area contributed by atoms with E-state index in [4.69, 9.17) is 0 Å². The van der Waals surface area contributed by atoms with Gasteiger partial charge in [-0.15, -0.1) is 0 Å². The van der Waals surface area contributed by atoms with E-state index in [9.17, 15) is 46.9 Å². The summed E-state index contributed by atoms with van der Waals surface area (Å²) in [6, 6.07) is 22.6. The average molecular weight is 840 g/mol. The third-order valence-corrected chi connectivity index (χ3v) is 9.81. The van der Waals surface area contributed by atoms with Crippen LogP contribution in [0.15, 0.2) is 121 Å². The Hall–Kier alpha value is -7.23. The van der Waals surface area contributed by atoms with Gasteiger partial charge in [-0.25, -0.2) is 22.5 Å². The van der Waals surface area contributed by atoms with Crippen LogP contribution in [-0.4, -0.2) is 69.4 Å². The summed E-state index contributed by atoms with van der Waals surface area (Å²) in [6.45, 7) is 2.23. The summed E-state index contributed by atoms with van der Waals surface area (Å²) in [6.07, 6.45) is -1.26. The number of amides is 5. The number of hydrogen-bond donors (Lipinski definition) is 1. The molecule has 5 aromatic rings. The zero-order valence-electron chi connectivity index (χ0n) is 33.3. The zero-order valence-corrected chi connectivity index (χ0v) is 33.3. The summed E-state index contributed by atoms with van der Waals surface area (Å²) in [5.41, 5.74) is 1.06. The predicted octanol–water partition coefficient (Wildman–Crippen LogP) is 6.49. The van der Waals surface area contributed by atoms with Crippen LogP contribution in [0.2, 0.25) is 0 Å². The van der Waals surface area contributed by atoms with E-state index in [2.05, 4.69) is 5.32 Å². The molecule has 1 N–H and O–H groups in total. The van der Waals surface area contributed by atoms with E-state index in [1.54, 1.807) is 60.7 Å². The number of nitro groups is 1. The third-order valence-electron chi connectivity index (χ3n) is 9.81. The second-order valence-electron chi connectivity index (χ2n) is 14.3. The van der Waals surface area contributed by atoms with Gasteiger partial charge in [-0.2, -0.15) is 0 Å². The van der Waals surface area contributed by atoms with E-state index in [0.29, 0.717) is 33.8 Å². The second kappa shape index (κ2) is 20.2. The molecule has 16 heteroatoms. The highest BCUT2D eigenvalue weighted by atomic mass is 19.1. The first-order valence-corrected chi connectivity index (χ1v) is 19.0. The molecule has 0 saturated carbocycles. The van der Waals surface area contributed by atoms with Gasteiger partial charge in [-0.05, 0) is 72.5 Å². The normalized spacial score (nSPS) is 12.4. The highest BCUT2D eigenvalue weighted by Gasteiger charge is 2.42. The molecule has 0 aromatic heterocycles. The minimum atomic E-state index is -1.61. The minimum absolute atomic E-state index is 0.0496. The molecule has 0 unspecified atom stereocenters. The largest absolute Gasteiger partial charge is 0.362 e. The first kappa shape index (κ1) is 44.9. The number of nitrogens with one attached hydrogen (secondary N) is 1. The molecule has 0 aliphatic heterocycles. The fourth-order valence-corrected chi connectivity index (χ4v) is 6.67. The summed E-state index contributed by atoms with van der Waals surface area (Å²) >= 11 is 0. The molecule has 0 radical (unpaired) electrons. The van der Waals surface area contributed by atoms with Gasteiger partial charge in [-0.3, -0.25) is 34.1 Å². The third kappa shape index (κ3) is 11.9. The van der Waals surface area contributed by atoms with Crippen molar-refractivity contribution in [1.29, 1.82) is 0 Å². The minimum Gasteiger partial charge on any atom is -0.362 e. The van der Waals surface area contributed by atoms with Crippen LogP contribution in [0.1, 0.15) is 36.1 Å². The molecule has 5 aromatic carbocycles. The van der Waals surface area contributed by atoms with Crippen molar-refractivity contribution >= 4 is 40.9 Å². The first-order valence-electron chi connectivity index (χ1n) is 19.0. The first-order chi connectivity index (χ1) is 29.0. The molecule has 0 saturated heterocycles. The number of likely N-dealkylation sites (N-methyl/N-ethyl adjacent to an activating group) is 1. The molecule has 0 fully saturated rings. The smallest absolute Gasteiger partial charge is 0.269 e. The number of carbonyl (C=O) groups is 5. The molecule has 0 aliphatic rings. The Morgan fingerprint density at radius 3 is 1.64 bits per heavy atom. The molecule has 0 heterocycles. The van der Waals surface area contributed by atoms with Crippen LogP contribution in [0.3, 0.4) is 0 Å². The number of carbonyl (C=O) groups excluding carboxylic acids is 5.